The molecule has 2 aromatic carbocycles. The van der Waals surface area contributed by atoms with Gasteiger partial charge in [-0.25, -0.2) is 0 Å². The number of phenolic OH excluding ortho intramolecular Hbond substituents is 1. The maximum atomic E-state index is 10.00. The summed E-state index contributed by atoms with van der Waals surface area (Å²) in [4.78, 5) is 4.33. The number of phenols is 1. The van der Waals surface area contributed by atoms with E-state index in [0.717, 1.165) is 10.2 Å². The fraction of sp³-hybridized carbons (Fsp3) is 0.133. The zero-order valence-corrected chi connectivity index (χ0v) is 12.3. The number of benzene rings is 2. The molecule has 0 spiro atoms. The number of ether oxygens (including phenoxy) is 1. The number of aryl methyl sites for hydroxylation is 1. The minimum Gasteiger partial charge on any atom is -0.504 e. The van der Waals surface area contributed by atoms with Gasteiger partial charge in [0.25, 0.3) is 0 Å². The van der Waals surface area contributed by atoms with E-state index >= 15 is 0 Å². The molecule has 0 amide bonds. The molecular formula is C15H14BrNO2. The zero-order chi connectivity index (χ0) is 13.8. The van der Waals surface area contributed by atoms with Crippen LogP contribution in [0.5, 0.6) is 11.5 Å². The number of nitrogens with zero attached hydrogens (tertiary/aromatic N) is 1. The Hall–Kier alpha value is -1.81. The van der Waals surface area contributed by atoms with Gasteiger partial charge in [-0.05, 0) is 31.2 Å². The van der Waals surface area contributed by atoms with Crippen molar-refractivity contribution in [3.63, 3.8) is 0 Å². The van der Waals surface area contributed by atoms with Gasteiger partial charge in [0.15, 0.2) is 11.5 Å². The van der Waals surface area contributed by atoms with E-state index in [1.54, 1.807) is 18.3 Å². The Morgan fingerprint density at radius 3 is 2.53 bits per heavy atom. The molecule has 0 atom stereocenters. The summed E-state index contributed by atoms with van der Waals surface area (Å²) in [5, 5.41) is 10.00. The van der Waals surface area contributed by atoms with Crippen LogP contribution in [-0.4, -0.2) is 18.4 Å². The standard InChI is InChI=1S/C15H14BrNO2/c1-10-3-5-13(6-4-10)17-9-11-7-12(16)8-14(19-2)15(11)18/h3-9,18H,1-2H3. The number of aliphatic imine (C=N–C) groups is 1. The lowest BCUT2D eigenvalue weighted by Crippen LogP contribution is -1.89. The highest BCUT2D eigenvalue weighted by Crippen LogP contribution is 2.32. The van der Waals surface area contributed by atoms with Crippen molar-refractivity contribution in [2.24, 2.45) is 4.99 Å². The van der Waals surface area contributed by atoms with Gasteiger partial charge in [0.1, 0.15) is 0 Å². The highest BCUT2D eigenvalue weighted by molar-refractivity contribution is 9.10. The molecule has 2 aromatic rings. The van der Waals surface area contributed by atoms with Crippen molar-refractivity contribution in [3.05, 3.63) is 52.0 Å². The van der Waals surface area contributed by atoms with Gasteiger partial charge in [-0.1, -0.05) is 33.6 Å². The molecule has 3 nitrogen and oxygen atoms in total. The average molecular weight is 320 g/mol. The third-order valence-electron chi connectivity index (χ3n) is 2.68. The number of methoxy groups -OCH3 is 1. The molecule has 2 rings (SSSR count). The lowest BCUT2D eigenvalue weighted by Gasteiger charge is -2.06. The van der Waals surface area contributed by atoms with Crippen molar-refractivity contribution >= 4 is 27.8 Å². The van der Waals surface area contributed by atoms with Crippen molar-refractivity contribution in [2.75, 3.05) is 7.11 Å². The molecule has 0 bridgehead atoms. The van der Waals surface area contributed by atoms with E-state index in [1.165, 1.54) is 12.7 Å². The maximum absolute atomic E-state index is 10.00. The highest BCUT2D eigenvalue weighted by atomic mass is 79.9. The van der Waals surface area contributed by atoms with Crippen LogP contribution in [0.4, 0.5) is 5.69 Å². The second kappa shape index (κ2) is 5.89. The molecular weight excluding hydrogens is 306 g/mol. The first-order valence-electron chi connectivity index (χ1n) is 5.77. The van der Waals surface area contributed by atoms with Crippen LogP contribution in [0, 0.1) is 6.92 Å². The number of aromatic hydroxyl groups is 1. The monoisotopic (exact) mass is 319 g/mol. The predicted molar refractivity (Wildman–Crippen MR) is 80.8 cm³/mol. The van der Waals surface area contributed by atoms with Crippen LogP contribution < -0.4 is 4.74 Å². The Balaban J connectivity index is 2.32. The lowest BCUT2D eigenvalue weighted by atomic mass is 10.2. The molecule has 19 heavy (non-hydrogen) atoms. The smallest absolute Gasteiger partial charge is 0.166 e. The number of rotatable bonds is 3. The van der Waals surface area contributed by atoms with Crippen LogP contribution >= 0.6 is 15.9 Å². The second-order valence-electron chi connectivity index (χ2n) is 4.14. The van der Waals surface area contributed by atoms with Gasteiger partial charge < -0.3 is 9.84 Å². The fourth-order valence-corrected chi connectivity index (χ4v) is 2.08. The maximum Gasteiger partial charge on any atom is 0.166 e. The van der Waals surface area contributed by atoms with E-state index in [1.807, 2.05) is 31.2 Å². The van der Waals surface area contributed by atoms with Crippen molar-refractivity contribution in [1.29, 1.82) is 0 Å². The Bertz CT molecular complexity index is 606. The quantitative estimate of drug-likeness (QED) is 0.860. The Kier molecular flexibility index (Phi) is 4.22. The van der Waals surface area contributed by atoms with Crippen LogP contribution in [0.1, 0.15) is 11.1 Å². The average Bonchev–Trinajstić information content (AvgIpc) is 2.41. The minimum absolute atomic E-state index is 0.0848. The Labute approximate surface area is 120 Å². The van der Waals surface area contributed by atoms with Crippen LogP contribution in [-0.2, 0) is 0 Å². The SMILES string of the molecule is COc1cc(Br)cc(C=Nc2ccc(C)cc2)c1O. The van der Waals surface area contributed by atoms with E-state index in [0.29, 0.717) is 11.3 Å². The summed E-state index contributed by atoms with van der Waals surface area (Å²) in [6, 6.07) is 11.3. The van der Waals surface area contributed by atoms with Crippen molar-refractivity contribution in [2.45, 2.75) is 6.92 Å². The van der Waals surface area contributed by atoms with E-state index in [-0.39, 0.29) is 5.75 Å². The molecule has 0 radical (unpaired) electrons. The predicted octanol–water partition coefficient (Wildman–Crippen LogP) is 4.22. The molecule has 0 unspecified atom stereocenters. The van der Waals surface area contributed by atoms with Gasteiger partial charge in [0.2, 0.25) is 0 Å². The molecule has 4 heteroatoms. The number of halogens is 1. The van der Waals surface area contributed by atoms with E-state index in [9.17, 15) is 5.11 Å². The molecule has 0 fully saturated rings. The molecule has 0 saturated heterocycles. The summed E-state index contributed by atoms with van der Waals surface area (Å²) in [6.45, 7) is 2.03. The van der Waals surface area contributed by atoms with Gasteiger partial charge in [0, 0.05) is 16.3 Å². The van der Waals surface area contributed by atoms with Crippen molar-refractivity contribution < 1.29 is 9.84 Å². The number of hydrogen-bond acceptors (Lipinski definition) is 3. The lowest BCUT2D eigenvalue weighted by molar-refractivity contribution is 0.373. The molecule has 1 N–H and O–H groups in total. The van der Waals surface area contributed by atoms with E-state index in [4.69, 9.17) is 4.74 Å². The van der Waals surface area contributed by atoms with Crippen LogP contribution in [0.2, 0.25) is 0 Å². The molecule has 0 aliphatic rings. The molecule has 0 aliphatic heterocycles. The zero-order valence-electron chi connectivity index (χ0n) is 10.7. The van der Waals surface area contributed by atoms with Crippen molar-refractivity contribution in [1.82, 2.24) is 0 Å². The second-order valence-corrected chi connectivity index (χ2v) is 5.06. The van der Waals surface area contributed by atoms with E-state index < -0.39 is 0 Å². The topological polar surface area (TPSA) is 41.8 Å². The minimum atomic E-state index is 0.0848. The van der Waals surface area contributed by atoms with Gasteiger partial charge in [-0.15, -0.1) is 0 Å². The third kappa shape index (κ3) is 3.35. The van der Waals surface area contributed by atoms with E-state index in [2.05, 4.69) is 20.9 Å². The first kappa shape index (κ1) is 13.6. The Morgan fingerprint density at radius 2 is 1.89 bits per heavy atom. The van der Waals surface area contributed by atoms with Gasteiger partial charge >= 0.3 is 0 Å². The molecule has 0 aromatic heterocycles. The summed E-state index contributed by atoms with van der Waals surface area (Å²) in [6.07, 6.45) is 1.62. The van der Waals surface area contributed by atoms with Crippen LogP contribution in [0.25, 0.3) is 0 Å². The van der Waals surface area contributed by atoms with Gasteiger partial charge in [-0.3, -0.25) is 4.99 Å². The normalized spacial score (nSPS) is 10.9. The molecule has 0 aliphatic carbocycles. The summed E-state index contributed by atoms with van der Waals surface area (Å²) in [5.41, 5.74) is 2.63. The molecule has 0 heterocycles. The Morgan fingerprint density at radius 1 is 1.21 bits per heavy atom. The van der Waals surface area contributed by atoms with Crippen LogP contribution in [0.15, 0.2) is 45.9 Å². The number of hydrogen-bond donors (Lipinski definition) is 1. The highest BCUT2D eigenvalue weighted by Gasteiger charge is 2.07. The van der Waals surface area contributed by atoms with Crippen molar-refractivity contribution in [3.8, 4) is 11.5 Å². The first-order chi connectivity index (χ1) is 9.10. The third-order valence-corrected chi connectivity index (χ3v) is 3.13. The molecule has 0 saturated carbocycles. The van der Waals surface area contributed by atoms with Crippen LogP contribution in [0.3, 0.4) is 0 Å². The first-order valence-corrected chi connectivity index (χ1v) is 6.56. The summed E-state index contributed by atoms with van der Waals surface area (Å²) >= 11 is 3.37. The van der Waals surface area contributed by atoms with Gasteiger partial charge in [0.05, 0.1) is 12.8 Å². The summed E-state index contributed by atoms with van der Waals surface area (Å²) in [7, 11) is 1.52. The summed E-state index contributed by atoms with van der Waals surface area (Å²) < 4.78 is 5.92. The summed E-state index contributed by atoms with van der Waals surface area (Å²) in [5.74, 6) is 0.501. The van der Waals surface area contributed by atoms with Gasteiger partial charge in [-0.2, -0.15) is 0 Å². The fourth-order valence-electron chi connectivity index (χ4n) is 1.62. The molecule has 98 valence electrons. The largest absolute Gasteiger partial charge is 0.504 e.